The standard InChI is InChI=1S/C19H19F6N7O2/c1-9-28-29-17(34-9)31-6-10-2-3-11(7-31)14(10)26-16-27-15-12(33-8-18(20,21)22)4-5-13(19(23,24)25)32(15)30-16/h4-5,10-11,14H,2-3,6-8H2,1H3,(H,26,30). The molecule has 1 saturated carbocycles. The molecule has 3 aromatic rings. The first kappa shape index (κ1) is 22.5. The van der Waals surface area contributed by atoms with Crippen molar-refractivity contribution in [2.24, 2.45) is 11.8 Å². The van der Waals surface area contributed by atoms with Crippen molar-refractivity contribution in [2.45, 2.75) is 38.2 Å². The minimum absolute atomic E-state index is 0.112. The summed E-state index contributed by atoms with van der Waals surface area (Å²) in [5, 5.41) is 14.9. The van der Waals surface area contributed by atoms with Gasteiger partial charge < -0.3 is 19.4 Å². The van der Waals surface area contributed by atoms with Crippen LogP contribution in [0.15, 0.2) is 16.5 Å². The van der Waals surface area contributed by atoms with Gasteiger partial charge in [0.1, 0.15) is 5.69 Å². The highest BCUT2D eigenvalue weighted by molar-refractivity contribution is 5.57. The molecule has 3 aromatic heterocycles. The van der Waals surface area contributed by atoms with Crippen LogP contribution in [-0.4, -0.2) is 56.7 Å². The SMILES string of the molecule is Cc1nnc(N2CC3CCC(C2)C3Nc2nc3c(OCC(F)(F)F)ccc(C(F)(F)F)n3n2)o1. The van der Waals surface area contributed by atoms with Gasteiger partial charge in [-0.1, -0.05) is 5.10 Å². The monoisotopic (exact) mass is 491 g/mol. The molecule has 2 atom stereocenters. The molecule has 1 saturated heterocycles. The molecular formula is C19H19F6N7O2. The van der Waals surface area contributed by atoms with Crippen LogP contribution in [0.2, 0.25) is 0 Å². The van der Waals surface area contributed by atoms with E-state index in [2.05, 4.69) is 25.6 Å². The van der Waals surface area contributed by atoms with E-state index in [4.69, 9.17) is 9.15 Å². The van der Waals surface area contributed by atoms with Gasteiger partial charge in [-0.3, -0.25) is 0 Å². The Morgan fingerprint density at radius 2 is 1.79 bits per heavy atom. The van der Waals surface area contributed by atoms with E-state index in [9.17, 15) is 26.3 Å². The predicted molar refractivity (Wildman–Crippen MR) is 104 cm³/mol. The topological polar surface area (TPSA) is 93.6 Å². The van der Waals surface area contributed by atoms with Crippen LogP contribution in [0.5, 0.6) is 5.75 Å². The number of rotatable bonds is 5. The van der Waals surface area contributed by atoms with Crippen molar-refractivity contribution < 1.29 is 35.5 Å². The van der Waals surface area contributed by atoms with E-state index in [1.165, 1.54) is 0 Å². The molecule has 2 aliphatic rings. The minimum Gasteiger partial charge on any atom is -0.480 e. The lowest BCUT2D eigenvalue weighted by Gasteiger charge is -2.37. The van der Waals surface area contributed by atoms with Gasteiger partial charge >= 0.3 is 18.4 Å². The van der Waals surface area contributed by atoms with Gasteiger partial charge in [-0.15, -0.1) is 10.2 Å². The first-order chi connectivity index (χ1) is 16.0. The summed E-state index contributed by atoms with van der Waals surface area (Å²) >= 11 is 0. The maximum absolute atomic E-state index is 13.5. The summed E-state index contributed by atoms with van der Waals surface area (Å²) in [4.78, 5) is 6.03. The molecule has 2 bridgehead atoms. The largest absolute Gasteiger partial charge is 0.480 e. The molecule has 5 rings (SSSR count). The van der Waals surface area contributed by atoms with Crippen molar-refractivity contribution in [1.82, 2.24) is 24.8 Å². The van der Waals surface area contributed by atoms with E-state index < -0.39 is 36.1 Å². The van der Waals surface area contributed by atoms with E-state index in [1.807, 2.05) is 4.90 Å². The van der Waals surface area contributed by atoms with Crippen LogP contribution in [-0.2, 0) is 6.18 Å². The molecule has 0 aromatic carbocycles. The molecule has 2 fully saturated rings. The molecule has 1 aliphatic heterocycles. The lowest BCUT2D eigenvalue weighted by Crippen LogP contribution is -2.48. The Kier molecular flexibility index (Phi) is 5.24. The first-order valence-electron chi connectivity index (χ1n) is 10.5. The highest BCUT2D eigenvalue weighted by Gasteiger charge is 2.44. The molecule has 9 nitrogen and oxygen atoms in total. The number of piperidine rings is 1. The van der Waals surface area contributed by atoms with Crippen molar-refractivity contribution in [2.75, 3.05) is 29.9 Å². The summed E-state index contributed by atoms with van der Waals surface area (Å²) < 4.78 is 88.9. The molecule has 34 heavy (non-hydrogen) atoms. The number of fused-ring (bicyclic) bond motifs is 3. The zero-order valence-electron chi connectivity index (χ0n) is 17.7. The highest BCUT2D eigenvalue weighted by atomic mass is 19.4. The van der Waals surface area contributed by atoms with Crippen molar-refractivity contribution in [3.63, 3.8) is 0 Å². The number of hydrogen-bond donors (Lipinski definition) is 1. The third-order valence-corrected chi connectivity index (χ3v) is 6.05. The van der Waals surface area contributed by atoms with Gasteiger partial charge in [0.05, 0.1) is 0 Å². The summed E-state index contributed by atoms with van der Waals surface area (Å²) in [6, 6.07) is 1.72. The van der Waals surface area contributed by atoms with Crippen molar-refractivity contribution in [1.29, 1.82) is 0 Å². The molecule has 4 heterocycles. The normalized spacial score (nSPS) is 23.0. The molecule has 1 N–H and O–H groups in total. The second-order valence-electron chi connectivity index (χ2n) is 8.43. The van der Waals surface area contributed by atoms with Crippen LogP contribution in [0, 0.1) is 18.8 Å². The highest BCUT2D eigenvalue weighted by Crippen LogP contribution is 2.40. The number of ether oxygens (including phenoxy) is 1. The quantitative estimate of drug-likeness (QED) is 0.540. The molecular weight excluding hydrogens is 472 g/mol. The number of pyridine rings is 1. The van der Waals surface area contributed by atoms with Gasteiger partial charge in [0, 0.05) is 26.1 Å². The summed E-state index contributed by atoms with van der Waals surface area (Å²) in [5.74, 6) is 0.106. The second-order valence-corrected chi connectivity index (χ2v) is 8.43. The fourth-order valence-corrected chi connectivity index (χ4v) is 4.66. The molecule has 2 unspecified atom stereocenters. The molecule has 184 valence electrons. The minimum atomic E-state index is -4.79. The first-order valence-corrected chi connectivity index (χ1v) is 10.5. The van der Waals surface area contributed by atoms with Crippen molar-refractivity contribution in [3.8, 4) is 5.75 Å². The number of anilines is 2. The maximum Gasteiger partial charge on any atom is 0.433 e. The Balaban J connectivity index is 1.41. The van der Waals surface area contributed by atoms with E-state index >= 15 is 0 Å². The Morgan fingerprint density at radius 1 is 1.09 bits per heavy atom. The number of aryl methyl sites for hydroxylation is 1. The number of nitrogens with one attached hydrogen (secondary N) is 1. The van der Waals surface area contributed by atoms with Crippen LogP contribution >= 0.6 is 0 Å². The average molecular weight is 491 g/mol. The Labute approximate surface area is 188 Å². The molecule has 0 radical (unpaired) electrons. The third kappa shape index (κ3) is 4.30. The predicted octanol–water partition coefficient (Wildman–Crippen LogP) is 3.71. The smallest absolute Gasteiger partial charge is 0.433 e. The van der Waals surface area contributed by atoms with Crippen molar-refractivity contribution >= 4 is 17.6 Å². The molecule has 1 aliphatic carbocycles. The Bertz CT molecular complexity index is 1180. The number of aromatic nitrogens is 5. The van der Waals surface area contributed by atoms with E-state index in [0.717, 1.165) is 18.9 Å². The van der Waals surface area contributed by atoms with Crippen LogP contribution in [0.25, 0.3) is 5.65 Å². The van der Waals surface area contributed by atoms with Crippen molar-refractivity contribution in [3.05, 3.63) is 23.7 Å². The Morgan fingerprint density at radius 3 is 2.38 bits per heavy atom. The van der Waals surface area contributed by atoms with Crippen LogP contribution in [0.4, 0.5) is 38.3 Å². The fourth-order valence-electron chi connectivity index (χ4n) is 4.66. The van der Waals surface area contributed by atoms with Gasteiger partial charge in [-0.25, -0.2) is 4.52 Å². The zero-order valence-corrected chi connectivity index (χ0v) is 17.7. The zero-order chi connectivity index (χ0) is 24.3. The second kappa shape index (κ2) is 7.91. The lowest BCUT2D eigenvalue weighted by atomic mass is 9.92. The summed E-state index contributed by atoms with van der Waals surface area (Å²) in [6.45, 7) is 1.21. The van der Waals surface area contributed by atoms with Gasteiger partial charge in [-0.05, 0) is 36.8 Å². The summed E-state index contributed by atoms with van der Waals surface area (Å²) in [5.41, 5.74) is -1.63. The average Bonchev–Trinajstić information content (AvgIpc) is 3.41. The number of alkyl halides is 6. The lowest BCUT2D eigenvalue weighted by molar-refractivity contribution is -0.153. The van der Waals surface area contributed by atoms with Gasteiger partial charge in [0.2, 0.25) is 11.8 Å². The fraction of sp³-hybridized carbons (Fsp3) is 0.579. The Hall–Kier alpha value is -3.26. The number of nitrogens with zero attached hydrogens (tertiary/aromatic N) is 6. The third-order valence-electron chi connectivity index (χ3n) is 6.05. The summed E-state index contributed by atoms with van der Waals surface area (Å²) in [7, 11) is 0. The van der Waals surface area contributed by atoms with Crippen LogP contribution in [0.1, 0.15) is 24.4 Å². The van der Waals surface area contributed by atoms with E-state index in [0.29, 0.717) is 35.6 Å². The molecule has 0 spiro atoms. The number of halogens is 6. The van der Waals surface area contributed by atoms with Gasteiger partial charge in [0.15, 0.2) is 18.0 Å². The van der Waals surface area contributed by atoms with E-state index in [-0.39, 0.29) is 23.8 Å². The summed E-state index contributed by atoms with van der Waals surface area (Å²) in [6.07, 6.45) is -7.72. The maximum atomic E-state index is 13.5. The number of hydrogen-bond acceptors (Lipinski definition) is 8. The van der Waals surface area contributed by atoms with Gasteiger partial charge in [0.25, 0.3) is 0 Å². The molecule has 15 heteroatoms. The molecule has 0 amide bonds. The van der Waals surface area contributed by atoms with Crippen LogP contribution in [0.3, 0.4) is 0 Å². The van der Waals surface area contributed by atoms with E-state index in [1.54, 1.807) is 6.92 Å². The van der Waals surface area contributed by atoms with Gasteiger partial charge in [-0.2, -0.15) is 31.3 Å². The van der Waals surface area contributed by atoms with Crippen LogP contribution < -0.4 is 15.0 Å².